The van der Waals surface area contributed by atoms with Crippen LogP contribution >= 0.6 is 0 Å². The third-order valence-electron chi connectivity index (χ3n) is 5.89. The van der Waals surface area contributed by atoms with Crippen LogP contribution in [0.15, 0.2) is 52.0 Å². The Morgan fingerprint density at radius 1 is 0.967 bits per heavy atom. The quantitative estimate of drug-likeness (QED) is 0.761. The zero-order chi connectivity index (χ0) is 21.0. The van der Waals surface area contributed by atoms with Gasteiger partial charge in [0, 0.05) is 38.8 Å². The van der Waals surface area contributed by atoms with Gasteiger partial charge in [-0.1, -0.05) is 36.8 Å². The lowest BCUT2D eigenvalue weighted by Gasteiger charge is -2.32. The summed E-state index contributed by atoms with van der Waals surface area (Å²) in [6.45, 7) is 3.74. The van der Waals surface area contributed by atoms with Crippen LogP contribution in [0.2, 0.25) is 0 Å². The molecule has 1 aromatic heterocycles. The van der Waals surface area contributed by atoms with Crippen LogP contribution in [0.3, 0.4) is 0 Å². The van der Waals surface area contributed by atoms with Crippen LogP contribution in [-0.4, -0.2) is 55.8 Å². The minimum absolute atomic E-state index is 0.0531. The molecule has 0 atom stereocenters. The number of piperidine rings is 2. The van der Waals surface area contributed by atoms with Crippen molar-refractivity contribution in [2.75, 3.05) is 26.2 Å². The Hall–Kier alpha value is -2.16. The van der Waals surface area contributed by atoms with Crippen molar-refractivity contribution in [3.8, 4) is 0 Å². The molecule has 4 rings (SSSR count). The number of amides is 1. The standard InChI is InChI=1S/C22H29N3O4S/c26-22(20-9-10-21(29-20)30(27,28)25-13-5-2-6-14-25)23-19-11-15-24(16-12-19)17-18-7-3-1-4-8-18/h1,3-4,7-10,19H,2,5-6,11-17H2,(H,23,26). The lowest BCUT2D eigenvalue weighted by atomic mass is 10.0. The Bertz CT molecular complexity index is 944. The maximum atomic E-state index is 12.7. The molecule has 0 saturated carbocycles. The first kappa shape index (κ1) is 21.1. The fourth-order valence-corrected chi connectivity index (χ4v) is 5.58. The lowest BCUT2D eigenvalue weighted by Crippen LogP contribution is -2.44. The van der Waals surface area contributed by atoms with Crippen molar-refractivity contribution in [2.24, 2.45) is 0 Å². The molecule has 2 aliphatic heterocycles. The SMILES string of the molecule is O=C(NC1CCN(Cc2ccccc2)CC1)c1ccc(S(=O)(=O)N2CCCCC2)o1. The second-order valence-electron chi connectivity index (χ2n) is 8.09. The molecule has 1 N–H and O–H groups in total. The minimum Gasteiger partial charge on any atom is -0.438 e. The molecule has 1 aromatic carbocycles. The molecule has 0 spiro atoms. The first-order chi connectivity index (χ1) is 14.5. The number of likely N-dealkylation sites (tertiary alicyclic amines) is 1. The summed E-state index contributed by atoms with van der Waals surface area (Å²) in [7, 11) is -3.66. The number of nitrogens with zero attached hydrogens (tertiary/aromatic N) is 2. The third-order valence-corrected chi connectivity index (χ3v) is 7.66. The smallest absolute Gasteiger partial charge is 0.287 e. The van der Waals surface area contributed by atoms with Crippen LogP contribution in [0.1, 0.15) is 48.2 Å². The Kier molecular flexibility index (Phi) is 6.55. The highest BCUT2D eigenvalue weighted by Gasteiger charge is 2.30. The highest BCUT2D eigenvalue weighted by atomic mass is 32.2. The van der Waals surface area contributed by atoms with Crippen molar-refractivity contribution in [3.63, 3.8) is 0 Å². The maximum absolute atomic E-state index is 12.7. The van der Waals surface area contributed by atoms with E-state index in [4.69, 9.17) is 4.42 Å². The Morgan fingerprint density at radius 2 is 1.67 bits per heavy atom. The van der Waals surface area contributed by atoms with Crippen molar-refractivity contribution < 1.29 is 17.6 Å². The second kappa shape index (κ2) is 9.32. The predicted octanol–water partition coefficient (Wildman–Crippen LogP) is 2.85. The van der Waals surface area contributed by atoms with Gasteiger partial charge in [0.1, 0.15) is 0 Å². The summed E-state index contributed by atoms with van der Waals surface area (Å²) in [4.78, 5) is 15.0. The average Bonchev–Trinajstić information content (AvgIpc) is 3.28. The highest BCUT2D eigenvalue weighted by molar-refractivity contribution is 7.89. The summed E-state index contributed by atoms with van der Waals surface area (Å²) < 4.78 is 32.3. The predicted molar refractivity (Wildman–Crippen MR) is 114 cm³/mol. The Balaban J connectivity index is 1.30. The van der Waals surface area contributed by atoms with Gasteiger partial charge in [-0.15, -0.1) is 0 Å². The van der Waals surface area contributed by atoms with Crippen LogP contribution in [0, 0.1) is 0 Å². The van der Waals surface area contributed by atoms with Gasteiger partial charge in [0.05, 0.1) is 0 Å². The van der Waals surface area contributed by atoms with Gasteiger partial charge in [-0.05, 0) is 43.4 Å². The molecule has 30 heavy (non-hydrogen) atoms. The number of sulfonamides is 1. The van der Waals surface area contributed by atoms with Crippen LogP contribution < -0.4 is 5.32 Å². The molecule has 1 amide bonds. The topological polar surface area (TPSA) is 82.9 Å². The number of rotatable bonds is 6. The van der Waals surface area contributed by atoms with Gasteiger partial charge in [-0.2, -0.15) is 4.31 Å². The van der Waals surface area contributed by atoms with E-state index in [-0.39, 0.29) is 22.8 Å². The fraction of sp³-hybridized carbons (Fsp3) is 0.500. The average molecular weight is 432 g/mol. The van der Waals surface area contributed by atoms with Crippen LogP contribution in [-0.2, 0) is 16.6 Å². The molecule has 7 nitrogen and oxygen atoms in total. The zero-order valence-electron chi connectivity index (χ0n) is 17.1. The van der Waals surface area contributed by atoms with Crippen molar-refractivity contribution in [1.29, 1.82) is 0 Å². The van der Waals surface area contributed by atoms with Gasteiger partial charge < -0.3 is 9.73 Å². The summed E-state index contributed by atoms with van der Waals surface area (Å²) in [5.41, 5.74) is 1.29. The van der Waals surface area contributed by atoms with E-state index in [1.54, 1.807) is 0 Å². The summed E-state index contributed by atoms with van der Waals surface area (Å²) >= 11 is 0. The third kappa shape index (κ3) is 4.94. The van der Waals surface area contributed by atoms with Crippen molar-refractivity contribution >= 4 is 15.9 Å². The second-order valence-corrected chi connectivity index (χ2v) is 9.96. The summed E-state index contributed by atoms with van der Waals surface area (Å²) in [5.74, 6) is -0.297. The number of furan rings is 1. The van der Waals surface area contributed by atoms with Gasteiger partial charge in [0.2, 0.25) is 5.09 Å². The summed E-state index contributed by atoms with van der Waals surface area (Å²) in [6.07, 6.45) is 4.48. The largest absolute Gasteiger partial charge is 0.438 e. The Labute approximate surface area is 178 Å². The molecule has 2 aliphatic rings. The van der Waals surface area contributed by atoms with Crippen LogP contribution in [0.4, 0.5) is 0 Å². The van der Waals surface area contributed by atoms with Gasteiger partial charge in [-0.3, -0.25) is 9.69 Å². The fourth-order valence-electron chi connectivity index (χ4n) is 4.15. The molecular formula is C22H29N3O4S. The molecule has 2 aromatic rings. The van der Waals surface area contributed by atoms with Gasteiger partial charge in [0.15, 0.2) is 5.76 Å². The molecule has 2 fully saturated rings. The number of carbonyl (C=O) groups is 1. The van der Waals surface area contributed by atoms with E-state index in [0.717, 1.165) is 51.7 Å². The number of nitrogens with one attached hydrogen (secondary N) is 1. The van der Waals surface area contributed by atoms with Crippen molar-refractivity contribution in [2.45, 2.75) is 49.8 Å². The van der Waals surface area contributed by atoms with E-state index >= 15 is 0 Å². The molecule has 3 heterocycles. The van der Waals surface area contributed by atoms with E-state index < -0.39 is 10.0 Å². The first-order valence-electron chi connectivity index (χ1n) is 10.7. The van der Waals surface area contributed by atoms with Crippen molar-refractivity contribution in [1.82, 2.24) is 14.5 Å². The van der Waals surface area contributed by atoms with E-state index in [1.165, 1.54) is 22.0 Å². The summed E-state index contributed by atoms with van der Waals surface area (Å²) in [6, 6.07) is 13.3. The molecular weight excluding hydrogens is 402 g/mol. The van der Waals surface area contributed by atoms with Gasteiger partial charge in [-0.25, -0.2) is 8.42 Å². The van der Waals surface area contributed by atoms with Crippen LogP contribution in [0.5, 0.6) is 0 Å². The molecule has 162 valence electrons. The first-order valence-corrected chi connectivity index (χ1v) is 12.1. The molecule has 0 aliphatic carbocycles. The Morgan fingerprint density at radius 3 is 2.37 bits per heavy atom. The zero-order valence-corrected chi connectivity index (χ0v) is 17.9. The summed E-state index contributed by atoms with van der Waals surface area (Å²) in [5, 5.41) is 2.85. The van der Waals surface area contributed by atoms with Gasteiger partial charge >= 0.3 is 0 Å². The maximum Gasteiger partial charge on any atom is 0.287 e. The monoisotopic (exact) mass is 431 g/mol. The molecule has 8 heteroatoms. The number of benzene rings is 1. The van der Waals surface area contributed by atoms with E-state index in [2.05, 4.69) is 22.3 Å². The minimum atomic E-state index is -3.66. The number of carbonyl (C=O) groups excluding carboxylic acids is 1. The highest BCUT2D eigenvalue weighted by Crippen LogP contribution is 2.23. The molecule has 0 radical (unpaired) electrons. The van der Waals surface area contributed by atoms with E-state index in [9.17, 15) is 13.2 Å². The molecule has 0 unspecified atom stereocenters. The number of hydrogen-bond donors (Lipinski definition) is 1. The normalized spacial score (nSPS) is 19.6. The number of hydrogen-bond acceptors (Lipinski definition) is 5. The van der Waals surface area contributed by atoms with E-state index in [0.29, 0.717) is 13.1 Å². The van der Waals surface area contributed by atoms with E-state index in [1.807, 2.05) is 18.2 Å². The molecule has 2 saturated heterocycles. The van der Waals surface area contributed by atoms with Gasteiger partial charge in [0.25, 0.3) is 15.9 Å². The van der Waals surface area contributed by atoms with Crippen molar-refractivity contribution in [3.05, 3.63) is 53.8 Å². The molecule has 0 bridgehead atoms. The van der Waals surface area contributed by atoms with Crippen LogP contribution in [0.25, 0.3) is 0 Å². The lowest BCUT2D eigenvalue weighted by molar-refractivity contribution is 0.0875.